The number of carbonyl (C=O) groups excluding carboxylic acids is 1. The minimum Gasteiger partial charge on any atom is -0.478 e. The van der Waals surface area contributed by atoms with Gasteiger partial charge < -0.3 is 14.9 Å². The maximum absolute atomic E-state index is 11.3. The van der Waals surface area contributed by atoms with Gasteiger partial charge in [0.15, 0.2) is 0 Å². The third-order valence-corrected chi connectivity index (χ3v) is 3.22. The van der Waals surface area contributed by atoms with Crippen LogP contribution in [-0.2, 0) is 9.53 Å². The zero-order chi connectivity index (χ0) is 15.7. The van der Waals surface area contributed by atoms with Crippen LogP contribution >= 0.6 is 0 Å². The fraction of sp³-hybridized carbons (Fsp3) is 0.375. The van der Waals surface area contributed by atoms with E-state index in [0.29, 0.717) is 24.8 Å². The Morgan fingerprint density at radius 1 is 1.29 bits per heavy atom. The molecule has 0 aliphatic heterocycles. The molecule has 0 spiro atoms. The zero-order valence-electron chi connectivity index (χ0n) is 11.8. The molecule has 0 aliphatic carbocycles. The quantitative estimate of drug-likeness (QED) is 0.539. The van der Waals surface area contributed by atoms with Crippen molar-refractivity contribution in [1.82, 2.24) is 0 Å². The number of carboxylic acids is 1. The number of aliphatic hydroxyl groups is 1. The average Bonchev–Trinajstić information content (AvgIpc) is 2.50. The molecule has 0 heterocycles. The summed E-state index contributed by atoms with van der Waals surface area (Å²) in [5, 5.41) is 18.2. The highest BCUT2D eigenvalue weighted by atomic mass is 16.5. The molecule has 0 radical (unpaired) electrons. The number of ether oxygens (including phenoxy) is 1. The molecule has 1 unspecified atom stereocenters. The maximum atomic E-state index is 11.3. The Hall–Kier alpha value is -2.14. The van der Waals surface area contributed by atoms with E-state index in [-0.39, 0.29) is 24.7 Å². The summed E-state index contributed by atoms with van der Waals surface area (Å²) in [6.07, 6.45) is 2.79. The van der Waals surface area contributed by atoms with Crippen molar-refractivity contribution >= 4 is 11.9 Å². The predicted molar refractivity (Wildman–Crippen MR) is 78.2 cm³/mol. The summed E-state index contributed by atoms with van der Waals surface area (Å²) in [7, 11) is 0. The monoisotopic (exact) mass is 292 g/mol. The molecule has 0 aliphatic rings. The Bertz CT molecular complexity index is 495. The minimum absolute atomic E-state index is 0.0399. The number of rotatable bonds is 9. The average molecular weight is 292 g/mol. The molecule has 0 aromatic heterocycles. The summed E-state index contributed by atoms with van der Waals surface area (Å²) in [5.74, 6) is -1.56. The van der Waals surface area contributed by atoms with Crippen molar-refractivity contribution in [3.05, 3.63) is 48.0 Å². The Morgan fingerprint density at radius 2 is 2.00 bits per heavy atom. The fourth-order valence-electron chi connectivity index (χ4n) is 2.20. The molecule has 0 saturated heterocycles. The van der Waals surface area contributed by atoms with Crippen LogP contribution in [0.25, 0.3) is 0 Å². The molecule has 5 heteroatoms. The number of carboxylic acid groups (broad SMARTS) is 1. The van der Waals surface area contributed by atoms with Crippen LogP contribution in [0.3, 0.4) is 0 Å². The first-order valence-corrected chi connectivity index (χ1v) is 6.82. The topological polar surface area (TPSA) is 83.8 Å². The number of carbonyl (C=O) groups is 2. The summed E-state index contributed by atoms with van der Waals surface area (Å²) >= 11 is 0. The van der Waals surface area contributed by atoms with Crippen LogP contribution in [0, 0.1) is 0 Å². The molecular formula is C16H20O5. The van der Waals surface area contributed by atoms with E-state index in [0.717, 1.165) is 6.08 Å². The van der Waals surface area contributed by atoms with E-state index >= 15 is 0 Å². The third-order valence-electron chi connectivity index (χ3n) is 3.22. The van der Waals surface area contributed by atoms with Crippen molar-refractivity contribution in [3.8, 4) is 0 Å². The number of esters is 1. The van der Waals surface area contributed by atoms with Crippen molar-refractivity contribution in [1.29, 1.82) is 0 Å². The zero-order valence-corrected chi connectivity index (χ0v) is 11.8. The van der Waals surface area contributed by atoms with Crippen molar-refractivity contribution in [2.75, 3.05) is 13.2 Å². The fourth-order valence-corrected chi connectivity index (χ4v) is 2.20. The lowest BCUT2D eigenvalue weighted by molar-refractivity contribution is -0.137. The number of hydrogen-bond acceptors (Lipinski definition) is 4. The van der Waals surface area contributed by atoms with Gasteiger partial charge in [0.25, 0.3) is 0 Å². The number of benzene rings is 1. The Kier molecular flexibility index (Phi) is 7.18. The molecule has 0 fully saturated rings. The van der Waals surface area contributed by atoms with E-state index in [2.05, 4.69) is 6.58 Å². The van der Waals surface area contributed by atoms with Crippen molar-refractivity contribution < 1.29 is 24.5 Å². The number of aliphatic hydroxyl groups excluding tert-OH is 1. The van der Waals surface area contributed by atoms with Gasteiger partial charge in [0, 0.05) is 12.7 Å². The second kappa shape index (κ2) is 8.92. The van der Waals surface area contributed by atoms with Crippen molar-refractivity contribution in [3.63, 3.8) is 0 Å². The van der Waals surface area contributed by atoms with Crippen LogP contribution in [0.4, 0.5) is 0 Å². The molecule has 2 N–H and O–H groups in total. The SMILES string of the molecule is C=CC(=O)OCCC(CCCO)c1ccccc1C(=O)O. The second-order valence-corrected chi connectivity index (χ2v) is 4.62. The molecule has 1 atom stereocenters. The number of aromatic carboxylic acids is 1. The van der Waals surface area contributed by atoms with Crippen LogP contribution in [0.15, 0.2) is 36.9 Å². The van der Waals surface area contributed by atoms with Gasteiger partial charge in [-0.25, -0.2) is 9.59 Å². The van der Waals surface area contributed by atoms with E-state index in [4.69, 9.17) is 9.84 Å². The molecule has 1 aromatic carbocycles. The highest BCUT2D eigenvalue weighted by Crippen LogP contribution is 2.28. The van der Waals surface area contributed by atoms with Gasteiger partial charge in [0.1, 0.15) is 0 Å². The minimum atomic E-state index is -0.984. The van der Waals surface area contributed by atoms with Crippen LogP contribution in [0.1, 0.15) is 41.1 Å². The predicted octanol–water partition coefficient (Wildman–Crippen LogP) is 2.36. The van der Waals surface area contributed by atoms with Gasteiger partial charge in [0.2, 0.25) is 0 Å². The molecule has 1 aromatic rings. The standard InChI is InChI=1S/C16H20O5/c1-2-15(18)21-11-9-12(6-5-10-17)13-7-3-4-8-14(13)16(19)20/h2-4,7-8,12,17H,1,5-6,9-11H2,(H,19,20). The first-order valence-electron chi connectivity index (χ1n) is 6.82. The van der Waals surface area contributed by atoms with E-state index in [1.807, 2.05) is 0 Å². The summed E-state index contributed by atoms with van der Waals surface area (Å²) in [4.78, 5) is 22.3. The van der Waals surface area contributed by atoms with Crippen molar-refractivity contribution in [2.45, 2.75) is 25.2 Å². The van der Waals surface area contributed by atoms with E-state index in [9.17, 15) is 14.7 Å². The molecule has 1 rings (SSSR count). The summed E-state index contributed by atoms with van der Waals surface area (Å²) < 4.78 is 4.96. The molecule has 114 valence electrons. The molecule has 0 saturated carbocycles. The first kappa shape index (κ1) is 16.9. The van der Waals surface area contributed by atoms with Crippen LogP contribution in [0.2, 0.25) is 0 Å². The van der Waals surface area contributed by atoms with Crippen LogP contribution < -0.4 is 0 Å². The highest BCUT2D eigenvalue weighted by molar-refractivity contribution is 5.89. The van der Waals surface area contributed by atoms with Crippen molar-refractivity contribution in [2.24, 2.45) is 0 Å². The number of hydrogen-bond donors (Lipinski definition) is 2. The molecule has 0 amide bonds. The summed E-state index contributed by atoms with van der Waals surface area (Å²) in [6, 6.07) is 6.78. The Labute approximate surface area is 123 Å². The Morgan fingerprint density at radius 3 is 2.62 bits per heavy atom. The summed E-state index contributed by atoms with van der Waals surface area (Å²) in [6.45, 7) is 3.55. The van der Waals surface area contributed by atoms with Crippen LogP contribution in [0.5, 0.6) is 0 Å². The van der Waals surface area contributed by atoms with Gasteiger partial charge in [-0.2, -0.15) is 0 Å². The van der Waals surface area contributed by atoms with E-state index in [1.165, 1.54) is 0 Å². The van der Waals surface area contributed by atoms with Crippen LogP contribution in [-0.4, -0.2) is 35.4 Å². The summed E-state index contributed by atoms with van der Waals surface area (Å²) in [5.41, 5.74) is 0.948. The molecule has 0 bridgehead atoms. The van der Waals surface area contributed by atoms with Gasteiger partial charge in [0.05, 0.1) is 12.2 Å². The lowest BCUT2D eigenvalue weighted by Gasteiger charge is -2.18. The van der Waals surface area contributed by atoms with Gasteiger partial charge in [-0.1, -0.05) is 24.8 Å². The first-order chi connectivity index (χ1) is 10.1. The molecular weight excluding hydrogens is 272 g/mol. The normalized spacial score (nSPS) is 11.7. The third kappa shape index (κ3) is 5.39. The smallest absolute Gasteiger partial charge is 0.335 e. The molecule has 5 nitrogen and oxygen atoms in total. The second-order valence-electron chi connectivity index (χ2n) is 4.62. The lowest BCUT2D eigenvalue weighted by atomic mass is 9.88. The lowest BCUT2D eigenvalue weighted by Crippen LogP contribution is -2.12. The molecule has 21 heavy (non-hydrogen) atoms. The van der Waals surface area contributed by atoms with Gasteiger partial charge in [-0.3, -0.25) is 0 Å². The Balaban J connectivity index is 2.83. The van der Waals surface area contributed by atoms with E-state index < -0.39 is 11.9 Å². The van der Waals surface area contributed by atoms with Gasteiger partial charge >= 0.3 is 11.9 Å². The van der Waals surface area contributed by atoms with E-state index in [1.54, 1.807) is 24.3 Å². The highest BCUT2D eigenvalue weighted by Gasteiger charge is 2.18. The maximum Gasteiger partial charge on any atom is 0.335 e. The van der Waals surface area contributed by atoms with Gasteiger partial charge in [-0.15, -0.1) is 0 Å². The largest absolute Gasteiger partial charge is 0.478 e. The van der Waals surface area contributed by atoms with Gasteiger partial charge in [-0.05, 0) is 36.8 Å².